The van der Waals surface area contributed by atoms with E-state index in [-0.39, 0.29) is 11.9 Å². The number of carbonyl (C=O) groups excluding carboxylic acids is 1. The molecule has 1 amide bonds. The van der Waals surface area contributed by atoms with Crippen LogP contribution >= 0.6 is 15.9 Å². The van der Waals surface area contributed by atoms with Gasteiger partial charge >= 0.3 is 0 Å². The molecule has 4 nitrogen and oxygen atoms in total. The second kappa shape index (κ2) is 8.53. The Kier molecular flexibility index (Phi) is 6.11. The molecule has 3 rings (SSSR count). The van der Waals surface area contributed by atoms with Crippen molar-refractivity contribution < 1.29 is 9.21 Å². The van der Waals surface area contributed by atoms with Crippen molar-refractivity contribution >= 4 is 21.8 Å². The predicted octanol–water partition coefficient (Wildman–Crippen LogP) is 5.53. The minimum absolute atomic E-state index is 0.0239. The minimum Gasteiger partial charge on any atom is -0.441 e. The van der Waals surface area contributed by atoms with E-state index < -0.39 is 0 Å². The second-order valence-corrected chi connectivity index (χ2v) is 7.58. The van der Waals surface area contributed by atoms with Crippen LogP contribution in [0.1, 0.15) is 42.0 Å². The third-order valence-corrected chi connectivity index (χ3v) is 5.38. The summed E-state index contributed by atoms with van der Waals surface area (Å²) in [7, 11) is 0. The van der Waals surface area contributed by atoms with Gasteiger partial charge in [-0.05, 0) is 49.6 Å². The highest BCUT2D eigenvalue weighted by Gasteiger charge is 2.14. The number of amides is 1. The van der Waals surface area contributed by atoms with Gasteiger partial charge in [0.1, 0.15) is 0 Å². The van der Waals surface area contributed by atoms with E-state index in [1.54, 1.807) is 6.20 Å². The number of nitrogens with one attached hydrogen (secondary N) is 1. The van der Waals surface area contributed by atoms with Crippen LogP contribution in [0.4, 0.5) is 0 Å². The number of aromatic nitrogens is 1. The third-order valence-electron chi connectivity index (χ3n) is 4.66. The van der Waals surface area contributed by atoms with Crippen LogP contribution in [0.2, 0.25) is 0 Å². The topological polar surface area (TPSA) is 55.1 Å². The third kappa shape index (κ3) is 4.86. The molecule has 0 saturated carbocycles. The van der Waals surface area contributed by atoms with Crippen LogP contribution in [-0.4, -0.2) is 10.9 Å². The van der Waals surface area contributed by atoms with Gasteiger partial charge in [-0.15, -0.1) is 0 Å². The molecular weight excluding hydrogens is 404 g/mol. The average Bonchev–Trinajstić information content (AvgIpc) is 3.11. The first-order valence-electron chi connectivity index (χ1n) is 9.00. The van der Waals surface area contributed by atoms with Crippen LogP contribution in [0.15, 0.2) is 57.6 Å². The van der Waals surface area contributed by atoms with Crippen LogP contribution in [0.25, 0.3) is 11.3 Å². The van der Waals surface area contributed by atoms with Crippen LogP contribution in [0.5, 0.6) is 0 Å². The van der Waals surface area contributed by atoms with Gasteiger partial charge in [-0.3, -0.25) is 4.79 Å². The molecule has 1 unspecified atom stereocenters. The zero-order chi connectivity index (χ0) is 19.4. The second-order valence-electron chi connectivity index (χ2n) is 6.73. The molecule has 0 bridgehead atoms. The van der Waals surface area contributed by atoms with E-state index in [2.05, 4.69) is 52.2 Å². The Bertz CT molecular complexity index is 949. The molecule has 3 aromatic rings. The maximum absolute atomic E-state index is 12.3. The summed E-state index contributed by atoms with van der Waals surface area (Å²) in [6, 6.07) is 14.0. The molecule has 140 valence electrons. The van der Waals surface area contributed by atoms with E-state index >= 15 is 0 Å². The number of rotatable bonds is 6. The molecule has 0 radical (unpaired) electrons. The van der Waals surface area contributed by atoms with Gasteiger partial charge in [-0.25, -0.2) is 4.98 Å². The van der Waals surface area contributed by atoms with Crippen LogP contribution in [-0.2, 0) is 11.2 Å². The molecule has 0 aliphatic rings. The molecule has 0 aliphatic carbocycles. The quantitative estimate of drug-likeness (QED) is 0.563. The SMILES string of the molecule is Cc1ccc(-c2cnc(CCC(=O)NC(C)c3ccccc3Br)o2)cc1C. The normalized spacial score (nSPS) is 12.0. The molecule has 0 fully saturated rings. The Morgan fingerprint density at radius 1 is 1.19 bits per heavy atom. The van der Waals surface area contributed by atoms with Gasteiger partial charge < -0.3 is 9.73 Å². The van der Waals surface area contributed by atoms with Crippen molar-refractivity contribution in [3.05, 3.63) is 75.7 Å². The van der Waals surface area contributed by atoms with Gasteiger partial charge in [0.15, 0.2) is 11.7 Å². The van der Waals surface area contributed by atoms with E-state index in [0.717, 1.165) is 21.4 Å². The standard InChI is InChI=1S/C22H23BrN2O2/c1-14-8-9-17(12-15(14)2)20-13-24-22(27-20)11-10-21(26)25-16(3)18-6-4-5-7-19(18)23/h4-9,12-13,16H,10-11H2,1-3H3,(H,25,26). The van der Waals surface area contributed by atoms with Gasteiger partial charge in [0, 0.05) is 22.9 Å². The van der Waals surface area contributed by atoms with E-state index in [1.807, 2.05) is 37.3 Å². The van der Waals surface area contributed by atoms with E-state index in [4.69, 9.17) is 4.42 Å². The van der Waals surface area contributed by atoms with Gasteiger partial charge in [0.2, 0.25) is 5.91 Å². The zero-order valence-electron chi connectivity index (χ0n) is 15.8. The van der Waals surface area contributed by atoms with E-state index in [9.17, 15) is 4.79 Å². The lowest BCUT2D eigenvalue weighted by Crippen LogP contribution is -2.27. The molecule has 0 aliphatic heterocycles. The highest BCUT2D eigenvalue weighted by Crippen LogP contribution is 2.24. The fraction of sp³-hybridized carbons (Fsp3) is 0.273. The Morgan fingerprint density at radius 2 is 1.96 bits per heavy atom. The lowest BCUT2D eigenvalue weighted by Gasteiger charge is -2.15. The summed E-state index contributed by atoms with van der Waals surface area (Å²) >= 11 is 3.52. The number of benzene rings is 2. The van der Waals surface area contributed by atoms with E-state index in [1.165, 1.54) is 11.1 Å². The number of carbonyl (C=O) groups is 1. The number of hydrogen-bond donors (Lipinski definition) is 1. The first kappa shape index (κ1) is 19.4. The van der Waals surface area contributed by atoms with Crippen molar-refractivity contribution in [1.82, 2.24) is 10.3 Å². The largest absolute Gasteiger partial charge is 0.441 e. The summed E-state index contributed by atoms with van der Waals surface area (Å²) in [5, 5.41) is 3.02. The molecule has 1 aromatic heterocycles. The zero-order valence-corrected chi connectivity index (χ0v) is 17.3. The maximum Gasteiger partial charge on any atom is 0.220 e. The molecule has 1 atom stereocenters. The van der Waals surface area contributed by atoms with Gasteiger partial charge in [-0.1, -0.05) is 46.3 Å². The first-order valence-corrected chi connectivity index (χ1v) is 9.79. The van der Waals surface area contributed by atoms with Crippen molar-refractivity contribution in [2.75, 3.05) is 0 Å². The fourth-order valence-electron chi connectivity index (χ4n) is 2.89. The van der Waals surface area contributed by atoms with Gasteiger partial charge in [0.05, 0.1) is 12.2 Å². The van der Waals surface area contributed by atoms with Gasteiger partial charge in [0.25, 0.3) is 0 Å². The molecular formula is C22H23BrN2O2. The number of oxazole rings is 1. The molecule has 0 spiro atoms. The maximum atomic E-state index is 12.3. The Balaban J connectivity index is 1.57. The lowest BCUT2D eigenvalue weighted by molar-refractivity contribution is -0.121. The highest BCUT2D eigenvalue weighted by atomic mass is 79.9. The van der Waals surface area contributed by atoms with Crippen LogP contribution in [0.3, 0.4) is 0 Å². The summed E-state index contributed by atoms with van der Waals surface area (Å²) in [5.74, 6) is 1.28. The highest BCUT2D eigenvalue weighted by molar-refractivity contribution is 9.10. The molecule has 2 aromatic carbocycles. The number of nitrogens with zero attached hydrogens (tertiary/aromatic N) is 1. The van der Waals surface area contributed by atoms with E-state index in [0.29, 0.717) is 18.7 Å². The summed E-state index contributed by atoms with van der Waals surface area (Å²) in [6.45, 7) is 6.13. The number of halogens is 1. The van der Waals surface area contributed by atoms with Crippen LogP contribution in [0, 0.1) is 13.8 Å². The smallest absolute Gasteiger partial charge is 0.220 e. The fourth-order valence-corrected chi connectivity index (χ4v) is 3.52. The van der Waals surface area contributed by atoms with Crippen molar-refractivity contribution in [2.45, 2.75) is 39.7 Å². The first-order chi connectivity index (χ1) is 12.9. The summed E-state index contributed by atoms with van der Waals surface area (Å²) in [5.41, 5.74) is 4.52. The Hall–Kier alpha value is -2.40. The molecule has 1 heterocycles. The Morgan fingerprint density at radius 3 is 2.70 bits per heavy atom. The molecule has 0 saturated heterocycles. The monoisotopic (exact) mass is 426 g/mol. The summed E-state index contributed by atoms with van der Waals surface area (Å²) in [6.07, 6.45) is 2.53. The van der Waals surface area contributed by atoms with Crippen molar-refractivity contribution in [1.29, 1.82) is 0 Å². The lowest BCUT2D eigenvalue weighted by atomic mass is 10.1. The van der Waals surface area contributed by atoms with Crippen molar-refractivity contribution in [3.8, 4) is 11.3 Å². The molecule has 27 heavy (non-hydrogen) atoms. The molecule has 5 heteroatoms. The summed E-state index contributed by atoms with van der Waals surface area (Å²) < 4.78 is 6.81. The van der Waals surface area contributed by atoms with Gasteiger partial charge in [-0.2, -0.15) is 0 Å². The minimum atomic E-state index is -0.0660. The molecule has 1 N–H and O–H groups in total. The number of aryl methyl sites for hydroxylation is 3. The Labute approximate surface area is 168 Å². The predicted molar refractivity (Wildman–Crippen MR) is 110 cm³/mol. The number of hydrogen-bond acceptors (Lipinski definition) is 3. The van der Waals surface area contributed by atoms with Crippen molar-refractivity contribution in [3.63, 3.8) is 0 Å². The summed E-state index contributed by atoms with van der Waals surface area (Å²) in [4.78, 5) is 16.6. The average molecular weight is 427 g/mol. The van der Waals surface area contributed by atoms with Crippen molar-refractivity contribution in [2.24, 2.45) is 0 Å². The van der Waals surface area contributed by atoms with Crippen LogP contribution < -0.4 is 5.32 Å².